The number of hydrogen-bond acceptors (Lipinski definition) is 4. The van der Waals surface area contributed by atoms with E-state index in [4.69, 9.17) is 11.6 Å². The molecule has 0 N–H and O–H groups in total. The zero-order chi connectivity index (χ0) is 17.1. The molecule has 3 rings (SSSR count). The third-order valence-electron chi connectivity index (χ3n) is 3.44. The minimum atomic E-state index is -0.470. The second kappa shape index (κ2) is 6.64. The lowest BCUT2D eigenvalue weighted by Crippen LogP contribution is -2.22. The van der Waals surface area contributed by atoms with Crippen LogP contribution in [0.15, 0.2) is 65.5 Å². The van der Waals surface area contributed by atoms with Gasteiger partial charge in [-0.25, -0.2) is 4.68 Å². The maximum Gasteiger partial charge on any atom is 0.269 e. The van der Waals surface area contributed by atoms with Crippen molar-refractivity contribution >= 4 is 17.3 Å². The van der Waals surface area contributed by atoms with Gasteiger partial charge in [0.1, 0.15) is 0 Å². The summed E-state index contributed by atoms with van der Waals surface area (Å²) in [5, 5.41) is 15.8. The fourth-order valence-corrected chi connectivity index (χ4v) is 2.50. The Bertz CT molecular complexity index is 969. The van der Waals surface area contributed by atoms with E-state index in [1.807, 2.05) is 6.07 Å². The van der Waals surface area contributed by atoms with Crippen molar-refractivity contribution in [1.82, 2.24) is 9.78 Å². The lowest BCUT2D eigenvalue weighted by Gasteiger charge is -2.07. The van der Waals surface area contributed by atoms with Crippen LogP contribution in [0.5, 0.6) is 0 Å². The van der Waals surface area contributed by atoms with Crippen LogP contribution in [-0.4, -0.2) is 14.7 Å². The largest absolute Gasteiger partial charge is 0.269 e. The van der Waals surface area contributed by atoms with Crippen molar-refractivity contribution in [3.63, 3.8) is 0 Å². The molecule has 0 saturated carbocycles. The van der Waals surface area contributed by atoms with Crippen LogP contribution in [0.25, 0.3) is 11.3 Å². The van der Waals surface area contributed by atoms with Crippen molar-refractivity contribution in [2.45, 2.75) is 6.54 Å². The Kier molecular flexibility index (Phi) is 4.39. The summed E-state index contributed by atoms with van der Waals surface area (Å²) < 4.78 is 1.27. The van der Waals surface area contributed by atoms with E-state index in [1.54, 1.807) is 36.4 Å². The molecule has 0 bridgehead atoms. The zero-order valence-corrected chi connectivity index (χ0v) is 13.2. The fourth-order valence-electron chi connectivity index (χ4n) is 2.31. The molecule has 120 valence electrons. The number of hydrogen-bond donors (Lipinski definition) is 0. The standard InChI is InChI=1S/C17H12ClN3O3/c18-14-5-2-4-13(10-14)16-7-8-17(22)20(19-16)11-12-3-1-6-15(9-12)21(23)24/h1-10H,11H2. The molecule has 0 amide bonds. The average Bonchev–Trinajstić information content (AvgIpc) is 2.57. The van der Waals surface area contributed by atoms with Crippen molar-refractivity contribution in [3.8, 4) is 11.3 Å². The molecule has 7 heteroatoms. The van der Waals surface area contributed by atoms with Crippen LogP contribution in [0.1, 0.15) is 5.56 Å². The van der Waals surface area contributed by atoms with Gasteiger partial charge in [-0.2, -0.15) is 5.10 Å². The number of nitrogens with zero attached hydrogens (tertiary/aromatic N) is 3. The molecule has 0 radical (unpaired) electrons. The van der Waals surface area contributed by atoms with Crippen LogP contribution in [-0.2, 0) is 6.54 Å². The van der Waals surface area contributed by atoms with Gasteiger partial charge >= 0.3 is 0 Å². The molecule has 0 fully saturated rings. The molecule has 0 unspecified atom stereocenters. The molecular formula is C17H12ClN3O3. The lowest BCUT2D eigenvalue weighted by atomic mass is 10.1. The van der Waals surface area contributed by atoms with E-state index in [9.17, 15) is 14.9 Å². The Hall–Kier alpha value is -2.99. The number of halogens is 1. The predicted molar refractivity (Wildman–Crippen MR) is 91.1 cm³/mol. The summed E-state index contributed by atoms with van der Waals surface area (Å²) in [4.78, 5) is 22.4. The quantitative estimate of drug-likeness (QED) is 0.537. The number of aromatic nitrogens is 2. The van der Waals surface area contributed by atoms with E-state index in [2.05, 4.69) is 5.10 Å². The van der Waals surface area contributed by atoms with E-state index in [1.165, 1.54) is 22.9 Å². The van der Waals surface area contributed by atoms with Crippen molar-refractivity contribution in [2.24, 2.45) is 0 Å². The smallest absolute Gasteiger partial charge is 0.268 e. The molecule has 1 aromatic heterocycles. The van der Waals surface area contributed by atoms with Gasteiger partial charge in [0.05, 0.1) is 17.2 Å². The summed E-state index contributed by atoms with van der Waals surface area (Å²) in [6.07, 6.45) is 0. The monoisotopic (exact) mass is 341 g/mol. The summed E-state index contributed by atoms with van der Waals surface area (Å²) >= 11 is 5.98. The first-order chi connectivity index (χ1) is 11.5. The van der Waals surface area contributed by atoms with Gasteiger partial charge in [-0.3, -0.25) is 14.9 Å². The van der Waals surface area contributed by atoms with Crippen LogP contribution in [0, 0.1) is 10.1 Å². The highest BCUT2D eigenvalue weighted by Gasteiger charge is 2.08. The Balaban J connectivity index is 1.97. The van der Waals surface area contributed by atoms with Crippen LogP contribution in [0.4, 0.5) is 5.69 Å². The summed E-state index contributed by atoms with van der Waals surface area (Å²) in [5.74, 6) is 0. The van der Waals surface area contributed by atoms with Gasteiger partial charge in [-0.05, 0) is 23.8 Å². The van der Waals surface area contributed by atoms with Crippen molar-refractivity contribution < 1.29 is 4.92 Å². The van der Waals surface area contributed by atoms with E-state index in [0.29, 0.717) is 16.3 Å². The highest BCUT2D eigenvalue weighted by atomic mass is 35.5. The summed E-state index contributed by atoms with van der Waals surface area (Å²) in [7, 11) is 0. The van der Waals surface area contributed by atoms with Gasteiger partial charge in [0.15, 0.2) is 0 Å². The molecule has 0 saturated heterocycles. The molecule has 2 aromatic carbocycles. The maximum absolute atomic E-state index is 12.0. The van der Waals surface area contributed by atoms with Gasteiger partial charge < -0.3 is 0 Å². The molecule has 1 heterocycles. The van der Waals surface area contributed by atoms with E-state index in [-0.39, 0.29) is 17.8 Å². The molecule has 6 nitrogen and oxygen atoms in total. The van der Waals surface area contributed by atoms with Gasteiger partial charge in [-0.15, -0.1) is 0 Å². The van der Waals surface area contributed by atoms with Gasteiger partial charge in [-0.1, -0.05) is 35.9 Å². The molecule has 3 aromatic rings. The Labute approximate surface area is 142 Å². The third kappa shape index (κ3) is 3.49. The van der Waals surface area contributed by atoms with Gasteiger partial charge in [0, 0.05) is 28.8 Å². The summed E-state index contributed by atoms with van der Waals surface area (Å²) in [6.45, 7) is 0.148. The molecule has 24 heavy (non-hydrogen) atoms. The van der Waals surface area contributed by atoms with Crippen molar-refractivity contribution in [1.29, 1.82) is 0 Å². The number of nitro benzene ring substituents is 1. The zero-order valence-electron chi connectivity index (χ0n) is 12.4. The predicted octanol–water partition coefficient (Wildman–Crippen LogP) is 3.52. The molecular weight excluding hydrogens is 330 g/mol. The second-order valence-electron chi connectivity index (χ2n) is 5.15. The highest BCUT2D eigenvalue weighted by molar-refractivity contribution is 6.30. The highest BCUT2D eigenvalue weighted by Crippen LogP contribution is 2.20. The topological polar surface area (TPSA) is 78.0 Å². The van der Waals surface area contributed by atoms with Crippen molar-refractivity contribution in [3.05, 3.63) is 91.7 Å². The second-order valence-corrected chi connectivity index (χ2v) is 5.59. The molecule has 0 atom stereocenters. The number of benzene rings is 2. The SMILES string of the molecule is O=c1ccc(-c2cccc(Cl)c2)nn1Cc1cccc([N+](=O)[O-])c1. The van der Waals surface area contributed by atoms with E-state index in [0.717, 1.165) is 5.56 Å². The molecule has 0 aliphatic rings. The maximum atomic E-state index is 12.0. The average molecular weight is 342 g/mol. The molecule has 0 spiro atoms. The number of rotatable bonds is 4. The Morgan fingerprint density at radius 3 is 2.62 bits per heavy atom. The van der Waals surface area contributed by atoms with E-state index >= 15 is 0 Å². The van der Waals surface area contributed by atoms with Crippen LogP contribution in [0.3, 0.4) is 0 Å². The summed E-state index contributed by atoms with van der Waals surface area (Å²) in [6, 6.07) is 16.3. The van der Waals surface area contributed by atoms with Gasteiger partial charge in [0.25, 0.3) is 11.2 Å². The van der Waals surface area contributed by atoms with Gasteiger partial charge in [0.2, 0.25) is 0 Å². The first-order valence-corrected chi connectivity index (χ1v) is 7.48. The normalized spacial score (nSPS) is 10.5. The number of non-ortho nitro benzene ring substituents is 1. The fraction of sp³-hybridized carbons (Fsp3) is 0.0588. The van der Waals surface area contributed by atoms with Crippen molar-refractivity contribution in [2.75, 3.05) is 0 Å². The Morgan fingerprint density at radius 2 is 1.88 bits per heavy atom. The third-order valence-corrected chi connectivity index (χ3v) is 3.68. The van der Waals surface area contributed by atoms with E-state index < -0.39 is 4.92 Å². The number of nitro groups is 1. The minimum absolute atomic E-state index is 0.0217. The minimum Gasteiger partial charge on any atom is -0.268 e. The Morgan fingerprint density at radius 1 is 1.08 bits per heavy atom. The summed E-state index contributed by atoms with van der Waals surface area (Å²) in [5.41, 5.74) is 1.71. The van der Waals surface area contributed by atoms with Crippen LogP contribution in [0.2, 0.25) is 5.02 Å². The molecule has 0 aliphatic carbocycles. The lowest BCUT2D eigenvalue weighted by molar-refractivity contribution is -0.384. The van der Waals surface area contributed by atoms with Crippen LogP contribution >= 0.6 is 11.6 Å². The first kappa shape index (κ1) is 15.9. The molecule has 0 aliphatic heterocycles. The first-order valence-electron chi connectivity index (χ1n) is 7.10. The van der Waals surface area contributed by atoms with Crippen LogP contribution < -0.4 is 5.56 Å².